The average Bonchev–Trinajstić information content (AvgIpc) is 2.28. The summed E-state index contributed by atoms with van der Waals surface area (Å²) in [7, 11) is -1.19. The topological polar surface area (TPSA) is 65.8 Å². The summed E-state index contributed by atoms with van der Waals surface area (Å²) in [6, 6.07) is 4.26. The van der Waals surface area contributed by atoms with Crippen molar-refractivity contribution < 1.29 is 8.60 Å². The van der Waals surface area contributed by atoms with E-state index in [9.17, 15) is 8.60 Å². The molecule has 0 aromatic heterocycles. The molecule has 0 N–H and O–H groups in total. The van der Waals surface area contributed by atoms with Gasteiger partial charge in [0.05, 0.1) is 15.3 Å². The van der Waals surface area contributed by atoms with Gasteiger partial charge in [-0.2, -0.15) is 0 Å². The molecule has 1 atom stereocenters. The van der Waals surface area contributed by atoms with Crippen LogP contribution < -0.4 is 0 Å². The van der Waals surface area contributed by atoms with E-state index in [0.29, 0.717) is 28.1 Å². The Morgan fingerprint density at radius 2 is 2.31 bits per heavy atom. The predicted molar refractivity (Wildman–Crippen MR) is 64.0 cm³/mol. The van der Waals surface area contributed by atoms with E-state index in [1.54, 1.807) is 0 Å². The Morgan fingerprint density at radius 3 is 2.94 bits per heavy atom. The van der Waals surface area contributed by atoms with Gasteiger partial charge in [-0.25, -0.2) is 4.39 Å². The molecular formula is C9H9BrFN3OS. The van der Waals surface area contributed by atoms with Crippen molar-refractivity contribution >= 4 is 26.7 Å². The zero-order valence-corrected chi connectivity index (χ0v) is 10.7. The predicted octanol–water partition coefficient (Wildman–Crippen LogP) is 3.40. The molecule has 0 aliphatic rings. The number of nitrogens with zero attached hydrogens (tertiary/aromatic N) is 3. The Hall–Kier alpha value is -0.910. The van der Waals surface area contributed by atoms with Crippen LogP contribution in [0.15, 0.2) is 32.7 Å². The van der Waals surface area contributed by atoms with Crippen LogP contribution in [0.3, 0.4) is 0 Å². The van der Waals surface area contributed by atoms with Crippen LogP contribution in [0.25, 0.3) is 10.4 Å². The molecule has 1 aromatic carbocycles. The Kier molecular flexibility index (Phi) is 5.45. The molecule has 0 fully saturated rings. The van der Waals surface area contributed by atoms with Crippen molar-refractivity contribution in [3.8, 4) is 0 Å². The largest absolute Gasteiger partial charge is 0.254 e. The van der Waals surface area contributed by atoms with Crippen LogP contribution in [0.5, 0.6) is 0 Å². The molecule has 1 unspecified atom stereocenters. The van der Waals surface area contributed by atoms with Crippen molar-refractivity contribution in [2.75, 3.05) is 12.3 Å². The molecule has 0 aliphatic carbocycles. The summed E-state index contributed by atoms with van der Waals surface area (Å²) >= 11 is 3.03. The second-order valence-electron chi connectivity index (χ2n) is 2.93. The number of rotatable bonds is 5. The van der Waals surface area contributed by atoms with Crippen LogP contribution in [0.2, 0.25) is 0 Å². The zero-order valence-electron chi connectivity index (χ0n) is 8.27. The van der Waals surface area contributed by atoms with Crippen molar-refractivity contribution in [2.45, 2.75) is 11.3 Å². The van der Waals surface area contributed by atoms with Crippen molar-refractivity contribution in [3.05, 3.63) is 38.9 Å². The van der Waals surface area contributed by atoms with Gasteiger partial charge in [0.2, 0.25) is 0 Å². The average molecular weight is 306 g/mol. The number of halogens is 2. The summed E-state index contributed by atoms with van der Waals surface area (Å²) in [5.41, 5.74) is 8.05. The lowest BCUT2D eigenvalue weighted by atomic mass is 10.3. The van der Waals surface area contributed by atoms with Crippen LogP contribution in [0, 0.1) is 5.82 Å². The first kappa shape index (κ1) is 13.2. The minimum atomic E-state index is -1.19. The number of hydrogen-bond donors (Lipinski definition) is 0. The van der Waals surface area contributed by atoms with Crippen LogP contribution in [-0.2, 0) is 10.8 Å². The van der Waals surface area contributed by atoms with E-state index >= 15 is 0 Å². The molecule has 0 bridgehead atoms. The molecule has 0 spiro atoms. The van der Waals surface area contributed by atoms with Crippen LogP contribution in [0.4, 0.5) is 4.39 Å². The lowest BCUT2D eigenvalue weighted by Gasteiger charge is -2.02. The van der Waals surface area contributed by atoms with Crippen LogP contribution >= 0.6 is 15.9 Å². The minimum absolute atomic E-state index is 0.299. The van der Waals surface area contributed by atoms with Crippen LogP contribution in [-0.4, -0.2) is 16.5 Å². The van der Waals surface area contributed by atoms with Crippen molar-refractivity contribution in [1.29, 1.82) is 0 Å². The van der Waals surface area contributed by atoms with Gasteiger partial charge in [0, 0.05) is 22.1 Å². The van der Waals surface area contributed by atoms with E-state index < -0.39 is 10.8 Å². The van der Waals surface area contributed by atoms with Crippen molar-refractivity contribution in [2.24, 2.45) is 5.11 Å². The highest BCUT2D eigenvalue weighted by Crippen LogP contribution is 2.19. The van der Waals surface area contributed by atoms with Gasteiger partial charge in [0.15, 0.2) is 0 Å². The maximum absolute atomic E-state index is 12.9. The van der Waals surface area contributed by atoms with Gasteiger partial charge in [-0.1, -0.05) is 5.11 Å². The normalized spacial score (nSPS) is 11.9. The van der Waals surface area contributed by atoms with Crippen LogP contribution in [0.1, 0.15) is 6.42 Å². The first-order valence-electron chi connectivity index (χ1n) is 4.49. The maximum atomic E-state index is 12.9. The quantitative estimate of drug-likeness (QED) is 0.356. The second-order valence-corrected chi connectivity index (χ2v) is 5.36. The standard InChI is InChI=1S/C9H9BrFN3OS/c10-8-6-7(2-3-9(8)11)16(15)5-1-4-13-14-12/h2-3,6H,1,4-5H2. The first-order chi connectivity index (χ1) is 7.65. The lowest BCUT2D eigenvalue weighted by molar-refractivity contribution is 0.619. The Balaban J connectivity index is 2.59. The summed E-state index contributed by atoms with van der Waals surface area (Å²) in [6.45, 7) is 0.324. The molecule has 1 aromatic rings. The molecule has 0 heterocycles. The van der Waals surface area contributed by atoms with E-state index in [2.05, 4.69) is 26.0 Å². The van der Waals surface area contributed by atoms with E-state index in [1.807, 2.05) is 0 Å². The Labute approximate surface area is 103 Å². The van der Waals surface area contributed by atoms with E-state index in [1.165, 1.54) is 18.2 Å². The molecule has 0 amide bonds. The molecule has 0 saturated carbocycles. The fraction of sp³-hybridized carbons (Fsp3) is 0.333. The molecule has 1 rings (SSSR count). The number of hydrogen-bond acceptors (Lipinski definition) is 2. The molecule has 7 heteroatoms. The number of azide groups is 1. The van der Waals surface area contributed by atoms with E-state index in [0.717, 1.165) is 0 Å². The highest BCUT2D eigenvalue weighted by atomic mass is 79.9. The van der Waals surface area contributed by atoms with Gasteiger partial charge in [-0.3, -0.25) is 4.21 Å². The monoisotopic (exact) mass is 305 g/mol. The summed E-state index contributed by atoms with van der Waals surface area (Å²) in [5.74, 6) is 0.0201. The van der Waals surface area contributed by atoms with Gasteiger partial charge in [-0.05, 0) is 46.1 Å². The highest BCUT2D eigenvalue weighted by Gasteiger charge is 2.06. The fourth-order valence-electron chi connectivity index (χ4n) is 1.05. The highest BCUT2D eigenvalue weighted by molar-refractivity contribution is 9.10. The minimum Gasteiger partial charge on any atom is -0.254 e. The summed E-state index contributed by atoms with van der Waals surface area (Å²) < 4.78 is 24.9. The zero-order chi connectivity index (χ0) is 12.0. The molecule has 0 saturated heterocycles. The first-order valence-corrected chi connectivity index (χ1v) is 6.60. The molecular weight excluding hydrogens is 297 g/mol. The van der Waals surface area contributed by atoms with Crippen molar-refractivity contribution in [3.63, 3.8) is 0 Å². The molecule has 16 heavy (non-hydrogen) atoms. The summed E-state index contributed by atoms with van der Waals surface area (Å²) in [6.07, 6.45) is 0.547. The summed E-state index contributed by atoms with van der Waals surface area (Å²) in [4.78, 5) is 3.16. The van der Waals surface area contributed by atoms with Crippen molar-refractivity contribution in [1.82, 2.24) is 0 Å². The van der Waals surface area contributed by atoms with Gasteiger partial charge < -0.3 is 0 Å². The molecule has 4 nitrogen and oxygen atoms in total. The summed E-state index contributed by atoms with van der Waals surface area (Å²) in [5, 5.41) is 3.35. The SMILES string of the molecule is [N-]=[N+]=NCCCS(=O)c1ccc(F)c(Br)c1. The third-order valence-electron chi connectivity index (χ3n) is 1.81. The van der Waals surface area contributed by atoms with Gasteiger partial charge in [0.1, 0.15) is 5.82 Å². The van der Waals surface area contributed by atoms with Gasteiger partial charge in [0.25, 0.3) is 0 Å². The van der Waals surface area contributed by atoms with Gasteiger partial charge >= 0.3 is 0 Å². The lowest BCUT2D eigenvalue weighted by Crippen LogP contribution is -2.00. The second kappa shape index (κ2) is 6.62. The number of benzene rings is 1. The molecule has 0 aliphatic heterocycles. The molecule has 0 radical (unpaired) electrons. The molecule has 86 valence electrons. The smallest absolute Gasteiger partial charge is 0.137 e. The Bertz CT molecular complexity index is 448. The third kappa shape index (κ3) is 3.92. The van der Waals surface area contributed by atoms with E-state index in [4.69, 9.17) is 5.53 Å². The Morgan fingerprint density at radius 1 is 1.56 bits per heavy atom. The maximum Gasteiger partial charge on any atom is 0.137 e. The van der Waals surface area contributed by atoms with E-state index in [-0.39, 0.29) is 5.82 Å². The third-order valence-corrected chi connectivity index (χ3v) is 3.85. The fourth-order valence-corrected chi connectivity index (χ4v) is 2.67. The van der Waals surface area contributed by atoms with Gasteiger partial charge in [-0.15, -0.1) is 0 Å².